The van der Waals surface area contributed by atoms with Crippen molar-refractivity contribution >= 4 is 0 Å². The van der Waals surface area contributed by atoms with Crippen molar-refractivity contribution in [1.29, 1.82) is 0 Å². The molecule has 1 aliphatic rings. The molecule has 1 fully saturated rings. The molecule has 6 nitrogen and oxygen atoms in total. The Labute approximate surface area is 147 Å². The smallest absolute Gasteiger partial charge is 0.263 e. The van der Waals surface area contributed by atoms with Gasteiger partial charge in [-0.05, 0) is 58.4 Å². The third-order valence-electron chi connectivity index (χ3n) is 4.96. The normalized spacial score (nSPS) is 18.3. The van der Waals surface area contributed by atoms with Gasteiger partial charge in [0.2, 0.25) is 0 Å². The molecule has 0 bridgehead atoms. The highest BCUT2D eigenvalue weighted by Crippen LogP contribution is 2.26. The summed E-state index contributed by atoms with van der Waals surface area (Å²) in [5.74, 6) is 2.10. The van der Waals surface area contributed by atoms with Gasteiger partial charge in [-0.2, -0.15) is 5.10 Å². The number of oxazole rings is 1. The van der Waals surface area contributed by atoms with Gasteiger partial charge in [0.05, 0.1) is 24.2 Å². The first-order valence-corrected chi connectivity index (χ1v) is 8.85. The van der Waals surface area contributed by atoms with Crippen LogP contribution in [0.25, 0.3) is 11.7 Å². The maximum Gasteiger partial charge on any atom is 0.263 e. The van der Waals surface area contributed by atoms with Gasteiger partial charge >= 0.3 is 0 Å². The van der Waals surface area contributed by atoms with Crippen LogP contribution < -0.4 is 0 Å². The number of hydrogen-bond donors (Lipinski definition) is 0. The van der Waals surface area contributed by atoms with Gasteiger partial charge in [0.1, 0.15) is 5.76 Å². The Hall–Kier alpha value is -2.34. The molecule has 0 aromatic carbocycles. The van der Waals surface area contributed by atoms with Gasteiger partial charge in [-0.3, -0.25) is 9.58 Å². The fourth-order valence-corrected chi connectivity index (χ4v) is 3.64. The number of hydrogen-bond acceptors (Lipinski definition) is 5. The molecule has 1 aliphatic heterocycles. The number of rotatable bonds is 5. The van der Waals surface area contributed by atoms with E-state index < -0.39 is 0 Å². The lowest BCUT2D eigenvalue weighted by atomic mass is 10.2. The fraction of sp³-hybridized carbons (Fsp3) is 0.474. The third-order valence-corrected chi connectivity index (χ3v) is 4.96. The highest BCUT2D eigenvalue weighted by atomic mass is 16.4. The summed E-state index contributed by atoms with van der Waals surface area (Å²) in [4.78, 5) is 7.15. The van der Waals surface area contributed by atoms with E-state index in [1.807, 2.05) is 26.0 Å². The zero-order valence-corrected chi connectivity index (χ0v) is 15.0. The summed E-state index contributed by atoms with van der Waals surface area (Å²) in [6.07, 6.45) is 4.05. The Morgan fingerprint density at radius 1 is 1.28 bits per heavy atom. The van der Waals surface area contributed by atoms with Gasteiger partial charge < -0.3 is 8.83 Å². The predicted octanol–water partition coefficient (Wildman–Crippen LogP) is 3.72. The van der Waals surface area contributed by atoms with Crippen molar-refractivity contribution in [3.05, 3.63) is 47.3 Å². The highest BCUT2D eigenvalue weighted by Gasteiger charge is 2.27. The molecule has 25 heavy (non-hydrogen) atoms. The first kappa shape index (κ1) is 16.1. The Kier molecular flexibility index (Phi) is 4.21. The molecule has 4 heterocycles. The summed E-state index contributed by atoms with van der Waals surface area (Å²) >= 11 is 0. The minimum absolute atomic E-state index is 0.487. The number of likely N-dealkylation sites (tertiary alicyclic amines) is 1. The summed E-state index contributed by atoms with van der Waals surface area (Å²) in [5, 5.41) is 4.61. The molecular weight excluding hydrogens is 316 g/mol. The van der Waals surface area contributed by atoms with E-state index in [1.165, 1.54) is 18.5 Å². The Morgan fingerprint density at radius 3 is 2.88 bits per heavy atom. The zero-order valence-electron chi connectivity index (χ0n) is 15.0. The van der Waals surface area contributed by atoms with Crippen LogP contribution in [0.4, 0.5) is 0 Å². The molecule has 3 aromatic heterocycles. The van der Waals surface area contributed by atoms with Gasteiger partial charge in [0.25, 0.3) is 5.89 Å². The van der Waals surface area contributed by atoms with Crippen LogP contribution in [0.5, 0.6) is 0 Å². The average Bonchev–Trinajstić information content (AvgIpc) is 3.32. The van der Waals surface area contributed by atoms with E-state index >= 15 is 0 Å². The molecule has 0 amide bonds. The number of furan rings is 1. The van der Waals surface area contributed by atoms with Gasteiger partial charge in [-0.15, -0.1) is 0 Å². The van der Waals surface area contributed by atoms with Gasteiger partial charge in [0, 0.05) is 18.3 Å². The van der Waals surface area contributed by atoms with Crippen molar-refractivity contribution in [3.8, 4) is 11.7 Å². The molecule has 1 atom stereocenters. The Morgan fingerprint density at radius 2 is 2.16 bits per heavy atom. The largest absolute Gasteiger partial charge is 0.459 e. The van der Waals surface area contributed by atoms with Crippen molar-refractivity contribution < 1.29 is 8.83 Å². The molecular formula is C19H24N4O2. The topological polar surface area (TPSA) is 60.2 Å². The van der Waals surface area contributed by atoms with Crippen LogP contribution >= 0.6 is 0 Å². The standard InChI is InChI=1S/C19H24N4O2/c1-13-10-14(2)23(21-13)11-16-6-4-8-22(16)12-17-15(3)25-19(20-17)18-7-5-9-24-18/h5,7,9-10,16H,4,6,8,11-12H2,1-3H3. The van der Waals surface area contributed by atoms with E-state index in [9.17, 15) is 0 Å². The minimum Gasteiger partial charge on any atom is -0.459 e. The van der Waals surface area contributed by atoms with E-state index in [-0.39, 0.29) is 0 Å². The molecule has 1 unspecified atom stereocenters. The van der Waals surface area contributed by atoms with Crippen LogP contribution in [0.1, 0.15) is 35.7 Å². The minimum atomic E-state index is 0.487. The van der Waals surface area contributed by atoms with Crippen LogP contribution in [-0.4, -0.2) is 32.3 Å². The highest BCUT2D eigenvalue weighted by molar-refractivity contribution is 5.44. The summed E-state index contributed by atoms with van der Waals surface area (Å²) in [6.45, 7) is 8.97. The maximum absolute atomic E-state index is 5.80. The molecule has 6 heteroatoms. The zero-order chi connectivity index (χ0) is 17.4. The van der Waals surface area contributed by atoms with Crippen molar-refractivity contribution in [2.45, 2.75) is 52.7 Å². The van der Waals surface area contributed by atoms with E-state index in [0.717, 1.165) is 36.8 Å². The van der Waals surface area contributed by atoms with E-state index in [1.54, 1.807) is 6.26 Å². The second-order valence-corrected chi connectivity index (χ2v) is 6.87. The number of aromatic nitrogens is 3. The summed E-state index contributed by atoms with van der Waals surface area (Å²) in [6, 6.07) is 6.34. The molecule has 0 N–H and O–H groups in total. The molecule has 0 aliphatic carbocycles. The Balaban J connectivity index is 1.49. The van der Waals surface area contributed by atoms with Crippen LogP contribution in [0, 0.1) is 20.8 Å². The van der Waals surface area contributed by atoms with Crippen LogP contribution in [0.2, 0.25) is 0 Å². The lowest BCUT2D eigenvalue weighted by molar-refractivity contribution is 0.215. The predicted molar refractivity (Wildman–Crippen MR) is 94.1 cm³/mol. The summed E-state index contributed by atoms with van der Waals surface area (Å²) in [5.41, 5.74) is 3.30. The van der Waals surface area contributed by atoms with Crippen LogP contribution in [-0.2, 0) is 13.1 Å². The maximum atomic E-state index is 5.80. The van der Waals surface area contributed by atoms with Gasteiger partial charge in [-0.1, -0.05) is 0 Å². The van der Waals surface area contributed by atoms with E-state index in [4.69, 9.17) is 8.83 Å². The summed E-state index contributed by atoms with van der Waals surface area (Å²) < 4.78 is 13.3. The quantitative estimate of drug-likeness (QED) is 0.708. The molecule has 0 radical (unpaired) electrons. The van der Waals surface area contributed by atoms with E-state index in [0.29, 0.717) is 17.7 Å². The van der Waals surface area contributed by atoms with Gasteiger partial charge in [0.15, 0.2) is 5.76 Å². The molecule has 0 spiro atoms. The van der Waals surface area contributed by atoms with Crippen molar-refractivity contribution in [2.75, 3.05) is 6.54 Å². The molecule has 4 rings (SSSR count). The fourth-order valence-electron chi connectivity index (χ4n) is 3.64. The second kappa shape index (κ2) is 6.52. The van der Waals surface area contributed by atoms with Crippen molar-refractivity contribution in [3.63, 3.8) is 0 Å². The molecule has 1 saturated heterocycles. The van der Waals surface area contributed by atoms with Crippen LogP contribution in [0.3, 0.4) is 0 Å². The monoisotopic (exact) mass is 340 g/mol. The average molecular weight is 340 g/mol. The SMILES string of the molecule is Cc1cc(C)n(CC2CCCN2Cc2nc(-c3ccco3)oc2C)n1. The lowest BCUT2D eigenvalue weighted by Gasteiger charge is -2.24. The van der Waals surface area contributed by atoms with Crippen molar-refractivity contribution in [2.24, 2.45) is 0 Å². The Bertz CT molecular complexity index is 847. The lowest BCUT2D eigenvalue weighted by Crippen LogP contribution is -2.33. The first-order valence-electron chi connectivity index (χ1n) is 8.85. The first-order chi connectivity index (χ1) is 12.1. The van der Waals surface area contributed by atoms with E-state index in [2.05, 4.69) is 32.7 Å². The molecule has 0 saturated carbocycles. The number of nitrogens with zero attached hydrogens (tertiary/aromatic N) is 4. The third kappa shape index (κ3) is 3.26. The van der Waals surface area contributed by atoms with Gasteiger partial charge in [-0.25, -0.2) is 4.98 Å². The van der Waals surface area contributed by atoms with Crippen molar-refractivity contribution in [1.82, 2.24) is 19.7 Å². The molecule has 132 valence electrons. The molecule has 3 aromatic rings. The number of aryl methyl sites for hydroxylation is 3. The van der Waals surface area contributed by atoms with Crippen LogP contribution in [0.15, 0.2) is 33.3 Å². The second-order valence-electron chi connectivity index (χ2n) is 6.87. The summed E-state index contributed by atoms with van der Waals surface area (Å²) in [7, 11) is 0.